The average Bonchev–Trinajstić information content (AvgIpc) is 2.34. The van der Waals surface area contributed by atoms with Gasteiger partial charge in [-0.25, -0.2) is 0 Å². The summed E-state index contributed by atoms with van der Waals surface area (Å²) in [5.41, 5.74) is 1.18. The fourth-order valence-corrected chi connectivity index (χ4v) is 2.73. The van der Waals surface area contributed by atoms with Crippen LogP contribution >= 0.6 is 15.9 Å². The Balaban J connectivity index is 2.32. The van der Waals surface area contributed by atoms with Crippen LogP contribution in [0.25, 0.3) is 0 Å². The first-order valence-corrected chi connectivity index (χ1v) is 7.40. The minimum Gasteiger partial charge on any atom is -0.306 e. The predicted octanol–water partition coefficient (Wildman–Crippen LogP) is 3.22. The second-order valence-electron chi connectivity index (χ2n) is 4.99. The minimum absolute atomic E-state index is 0.726. The topological polar surface area (TPSA) is 16.1 Å². The molecular formula is C14H23BrN2. The lowest BCUT2D eigenvalue weighted by Gasteiger charge is -2.25. The summed E-state index contributed by atoms with van der Waals surface area (Å²) < 4.78 is 0. The van der Waals surface area contributed by atoms with E-state index in [1.54, 1.807) is 0 Å². The first-order chi connectivity index (χ1) is 8.13. The molecule has 0 spiro atoms. The lowest BCUT2D eigenvalue weighted by molar-refractivity contribution is 0.255. The van der Waals surface area contributed by atoms with Gasteiger partial charge in [0.15, 0.2) is 0 Å². The molecule has 1 unspecified atom stereocenters. The minimum atomic E-state index is 0.726. The van der Waals surface area contributed by atoms with Gasteiger partial charge in [-0.3, -0.25) is 4.98 Å². The van der Waals surface area contributed by atoms with Crippen molar-refractivity contribution >= 4 is 15.9 Å². The van der Waals surface area contributed by atoms with Crippen LogP contribution in [0.5, 0.6) is 0 Å². The van der Waals surface area contributed by atoms with E-state index in [2.05, 4.69) is 58.8 Å². The van der Waals surface area contributed by atoms with Gasteiger partial charge in [0.25, 0.3) is 0 Å². The fraction of sp³-hybridized carbons (Fsp3) is 0.643. The van der Waals surface area contributed by atoms with Crippen molar-refractivity contribution in [2.45, 2.75) is 20.3 Å². The Morgan fingerprint density at radius 2 is 2.12 bits per heavy atom. The molecule has 0 amide bonds. The summed E-state index contributed by atoms with van der Waals surface area (Å²) in [5.74, 6) is 1.45. The van der Waals surface area contributed by atoms with Crippen molar-refractivity contribution in [3.8, 4) is 0 Å². The molecule has 2 nitrogen and oxygen atoms in total. The first-order valence-electron chi connectivity index (χ1n) is 6.28. The van der Waals surface area contributed by atoms with Gasteiger partial charge in [0, 0.05) is 36.7 Å². The van der Waals surface area contributed by atoms with Gasteiger partial charge >= 0.3 is 0 Å². The molecule has 1 atom stereocenters. The normalized spacial score (nSPS) is 13.3. The number of hydrogen-bond acceptors (Lipinski definition) is 2. The standard InChI is InChI=1S/C14H23BrN2/c1-12(2)13(10-15)11-17(3)9-7-14-6-4-5-8-16-14/h4-6,8,12-13H,7,9-11H2,1-3H3. The van der Waals surface area contributed by atoms with Crippen molar-refractivity contribution in [2.24, 2.45) is 11.8 Å². The van der Waals surface area contributed by atoms with E-state index in [0.717, 1.165) is 36.7 Å². The number of aromatic nitrogens is 1. The summed E-state index contributed by atoms with van der Waals surface area (Å²) in [4.78, 5) is 6.75. The number of alkyl halides is 1. The Morgan fingerprint density at radius 1 is 1.35 bits per heavy atom. The third kappa shape index (κ3) is 5.64. The molecule has 1 aromatic heterocycles. The van der Waals surface area contributed by atoms with E-state index >= 15 is 0 Å². The summed E-state index contributed by atoms with van der Waals surface area (Å²) in [5, 5.41) is 1.08. The molecule has 1 aromatic rings. The van der Waals surface area contributed by atoms with Crippen LogP contribution in [-0.2, 0) is 6.42 Å². The van der Waals surface area contributed by atoms with Crippen LogP contribution < -0.4 is 0 Å². The molecule has 0 bridgehead atoms. The van der Waals surface area contributed by atoms with Gasteiger partial charge in [-0.05, 0) is 31.0 Å². The molecular weight excluding hydrogens is 276 g/mol. The molecule has 0 N–H and O–H groups in total. The summed E-state index contributed by atoms with van der Waals surface area (Å²) >= 11 is 3.60. The largest absolute Gasteiger partial charge is 0.306 e. The van der Waals surface area contributed by atoms with Crippen molar-refractivity contribution in [1.82, 2.24) is 9.88 Å². The van der Waals surface area contributed by atoms with Crippen LogP contribution in [0.3, 0.4) is 0 Å². The Morgan fingerprint density at radius 3 is 2.65 bits per heavy atom. The quantitative estimate of drug-likeness (QED) is 0.719. The van der Waals surface area contributed by atoms with Crippen LogP contribution in [0, 0.1) is 11.8 Å². The molecule has 96 valence electrons. The molecule has 0 aromatic carbocycles. The van der Waals surface area contributed by atoms with Crippen LogP contribution in [0.15, 0.2) is 24.4 Å². The van der Waals surface area contributed by atoms with Gasteiger partial charge in [0.05, 0.1) is 0 Å². The number of nitrogens with zero attached hydrogens (tertiary/aromatic N) is 2. The number of pyridine rings is 1. The van der Waals surface area contributed by atoms with E-state index in [1.165, 1.54) is 5.69 Å². The third-order valence-electron chi connectivity index (χ3n) is 3.16. The molecule has 0 saturated carbocycles. The second kappa shape index (κ2) is 7.83. The third-order valence-corrected chi connectivity index (χ3v) is 3.99. The SMILES string of the molecule is CC(C)C(CBr)CN(C)CCc1ccccn1. The summed E-state index contributed by atoms with van der Waals surface area (Å²) in [7, 11) is 2.20. The zero-order valence-corrected chi connectivity index (χ0v) is 12.7. The van der Waals surface area contributed by atoms with E-state index < -0.39 is 0 Å². The lowest BCUT2D eigenvalue weighted by Crippen LogP contribution is -2.31. The van der Waals surface area contributed by atoms with Gasteiger partial charge in [-0.2, -0.15) is 0 Å². The molecule has 1 rings (SSSR count). The number of hydrogen-bond donors (Lipinski definition) is 0. The van der Waals surface area contributed by atoms with E-state index in [0.29, 0.717) is 0 Å². The highest BCUT2D eigenvalue weighted by atomic mass is 79.9. The van der Waals surface area contributed by atoms with Crippen LogP contribution in [0.1, 0.15) is 19.5 Å². The highest BCUT2D eigenvalue weighted by molar-refractivity contribution is 9.09. The molecule has 0 fully saturated rings. The lowest BCUT2D eigenvalue weighted by atomic mass is 9.97. The monoisotopic (exact) mass is 298 g/mol. The number of likely N-dealkylation sites (N-methyl/N-ethyl adjacent to an activating group) is 1. The van der Waals surface area contributed by atoms with Crippen molar-refractivity contribution < 1.29 is 0 Å². The van der Waals surface area contributed by atoms with Crippen LogP contribution in [-0.4, -0.2) is 35.4 Å². The molecule has 3 heteroatoms. The maximum Gasteiger partial charge on any atom is 0.0416 e. The molecule has 0 aliphatic carbocycles. The molecule has 0 aliphatic rings. The Labute approximate surface area is 114 Å². The maximum absolute atomic E-state index is 4.35. The molecule has 0 saturated heterocycles. The van der Waals surface area contributed by atoms with Crippen molar-refractivity contribution in [2.75, 3.05) is 25.5 Å². The van der Waals surface area contributed by atoms with E-state index in [-0.39, 0.29) is 0 Å². The van der Waals surface area contributed by atoms with Gasteiger partial charge < -0.3 is 4.90 Å². The van der Waals surface area contributed by atoms with Crippen molar-refractivity contribution in [3.63, 3.8) is 0 Å². The Bertz CT molecular complexity index is 300. The fourth-order valence-electron chi connectivity index (χ4n) is 1.78. The zero-order chi connectivity index (χ0) is 12.7. The summed E-state index contributed by atoms with van der Waals surface area (Å²) in [6, 6.07) is 6.11. The number of rotatable bonds is 7. The average molecular weight is 299 g/mol. The van der Waals surface area contributed by atoms with Crippen LogP contribution in [0.4, 0.5) is 0 Å². The highest BCUT2D eigenvalue weighted by Crippen LogP contribution is 2.14. The van der Waals surface area contributed by atoms with Gasteiger partial charge in [-0.15, -0.1) is 0 Å². The van der Waals surface area contributed by atoms with Crippen molar-refractivity contribution in [1.29, 1.82) is 0 Å². The van der Waals surface area contributed by atoms with Gasteiger partial charge in [-0.1, -0.05) is 35.8 Å². The highest BCUT2D eigenvalue weighted by Gasteiger charge is 2.14. The maximum atomic E-state index is 4.35. The first kappa shape index (κ1) is 14.7. The number of halogens is 1. The Kier molecular flexibility index (Phi) is 6.75. The second-order valence-corrected chi connectivity index (χ2v) is 5.64. The van der Waals surface area contributed by atoms with Crippen molar-refractivity contribution in [3.05, 3.63) is 30.1 Å². The zero-order valence-electron chi connectivity index (χ0n) is 11.1. The molecule has 0 aliphatic heterocycles. The van der Waals surface area contributed by atoms with Gasteiger partial charge in [0.1, 0.15) is 0 Å². The van der Waals surface area contributed by atoms with E-state index in [9.17, 15) is 0 Å². The smallest absolute Gasteiger partial charge is 0.0416 e. The van der Waals surface area contributed by atoms with Gasteiger partial charge in [0.2, 0.25) is 0 Å². The molecule has 1 heterocycles. The molecule has 0 radical (unpaired) electrons. The predicted molar refractivity (Wildman–Crippen MR) is 77.6 cm³/mol. The molecule has 17 heavy (non-hydrogen) atoms. The van der Waals surface area contributed by atoms with Crippen LogP contribution in [0.2, 0.25) is 0 Å². The van der Waals surface area contributed by atoms with E-state index in [4.69, 9.17) is 0 Å². The van der Waals surface area contributed by atoms with E-state index in [1.807, 2.05) is 12.3 Å². The Hall–Kier alpha value is -0.410. The summed E-state index contributed by atoms with van der Waals surface area (Å²) in [6.07, 6.45) is 2.90. The summed E-state index contributed by atoms with van der Waals surface area (Å²) in [6.45, 7) is 6.81.